The van der Waals surface area contributed by atoms with E-state index in [9.17, 15) is 9.59 Å². The van der Waals surface area contributed by atoms with Crippen LogP contribution in [0.4, 0.5) is 0 Å². The number of benzene rings is 1. The van der Waals surface area contributed by atoms with E-state index in [4.69, 9.17) is 28.2 Å². The van der Waals surface area contributed by atoms with Crippen LogP contribution >= 0.6 is 35.6 Å². The first-order valence-corrected chi connectivity index (χ1v) is 11.2. The average molecular weight is 464 g/mol. The predicted molar refractivity (Wildman–Crippen MR) is 126 cm³/mol. The first-order valence-electron chi connectivity index (χ1n) is 9.56. The minimum atomic E-state index is -0.238. The Bertz CT molecular complexity index is 999. The van der Waals surface area contributed by atoms with Gasteiger partial charge in [-0.2, -0.15) is 0 Å². The lowest BCUT2D eigenvalue weighted by molar-refractivity contribution is -0.115. The van der Waals surface area contributed by atoms with Crippen molar-refractivity contribution >= 4 is 57.8 Å². The van der Waals surface area contributed by atoms with Gasteiger partial charge in [-0.1, -0.05) is 49.4 Å². The molecule has 1 aromatic carbocycles. The molecular weight excluding hydrogens is 442 g/mol. The molecule has 0 aliphatic carbocycles. The summed E-state index contributed by atoms with van der Waals surface area (Å²) in [5.41, 5.74) is 1.11. The molecule has 2 heterocycles. The molecule has 9 heteroatoms. The first-order chi connectivity index (χ1) is 14.4. The van der Waals surface area contributed by atoms with Gasteiger partial charge in [0, 0.05) is 24.7 Å². The van der Waals surface area contributed by atoms with Gasteiger partial charge in [0.05, 0.1) is 15.5 Å². The van der Waals surface area contributed by atoms with Gasteiger partial charge < -0.3 is 20.0 Å². The summed E-state index contributed by atoms with van der Waals surface area (Å²) in [6.07, 6.45) is 1.64. The van der Waals surface area contributed by atoms with Crippen molar-refractivity contribution in [3.8, 4) is 11.3 Å². The van der Waals surface area contributed by atoms with Crippen molar-refractivity contribution < 1.29 is 14.0 Å². The van der Waals surface area contributed by atoms with Crippen molar-refractivity contribution in [2.24, 2.45) is 0 Å². The van der Waals surface area contributed by atoms with Crippen molar-refractivity contribution in [3.05, 3.63) is 51.6 Å². The standard InChI is InChI=1S/C21H22ClN3O3S2/c1-3-25(4-2)10-9-23-19(26)15-11-13(5-7-16(15)22)17-8-6-14(28-17)12-18-20(27)24-21(29)30-18/h5-8,11-12H,3-4,9-10H2,1-2H3,(H,23,26)(H,24,27,29)/b18-12-. The van der Waals surface area contributed by atoms with Gasteiger partial charge in [-0.25, -0.2) is 0 Å². The van der Waals surface area contributed by atoms with Crippen LogP contribution in [0.15, 0.2) is 39.7 Å². The summed E-state index contributed by atoms with van der Waals surface area (Å²) < 4.78 is 6.26. The van der Waals surface area contributed by atoms with E-state index in [1.807, 2.05) is 0 Å². The number of nitrogens with one attached hydrogen (secondary N) is 2. The van der Waals surface area contributed by atoms with Crippen LogP contribution in [0.25, 0.3) is 17.4 Å². The molecule has 0 saturated carbocycles. The number of thioether (sulfide) groups is 1. The minimum absolute atomic E-state index is 0.226. The predicted octanol–water partition coefficient (Wildman–Crippen LogP) is 4.16. The first kappa shape index (κ1) is 22.6. The summed E-state index contributed by atoms with van der Waals surface area (Å²) in [6.45, 7) is 7.37. The van der Waals surface area contributed by atoms with Crippen LogP contribution in [0.1, 0.15) is 30.0 Å². The highest BCUT2D eigenvalue weighted by atomic mass is 35.5. The smallest absolute Gasteiger partial charge is 0.263 e. The van der Waals surface area contributed by atoms with Crippen LogP contribution in [0.2, 0.25) is 5.02 Å². The lowest BCUT2D eigenvalue weighted by Crippen LogP contribution is -2.34. The summed E-state index contributed by atoms with van der Waals surface area (Å²) in [5, 5.41) is 5.86. The van der Waals surface area contributed by atoms with Crippen LogP contribution in [-0.2, 0) is 4.79 Å². The van der Waals surface area contributed by atoms with Crippen molar-refractivity contribution in [3.63, 3.8) is 0 Å². The molecule has 3 rings (SSSR count). The lowest BCUT2D eigenvalue weighted by Gasteiger charge is -2.18. The Kier molecular flexibility index (Phi) is 7.71. The number of thiocarbonyl (C=S) groups is 1. The fourth-order valence-corrected chi connectivity index (χ4v) is 4.18. The second-order valence-electron chi connectivity index (χ2n) is 6.53. The summed E-state index contributed by atoms with van der Waals surface area (Å²) in [4.78, 5) is 27.1. The number of nitrogens with zero attached hydrogens (tertiary/aromatic N) is 1. The van der Waals surface area contributed by atoms with Gasteiger partial charge in [-0.15, -0.1) is 0 Å². The van der Waals surface area contributed by atoms with Crippen LogP contribution < -0.4 is 10.6 Å². The molecule has 1 fully saturated rings. The number of hydrogen-bond acceptors (Lipinski definition) is 6. The Labute approximate surface area is 190 Å². The quantitative estimate of drug-likeness (QED) is 0.452. The van der Waals surface area contributed by atoms with E-state index in [0.29, 0.717) is 37.9 Å². The molecule has 0 radical (unpaired) electrons. The fraction of sp³-hybridized carbons (Fsp3) is 0.286. The molecule has 1 aliphatic heterocycles. The summed E-state index contributed by atoms with van der Waals surface area (Å²) in [5.74, 6) is 0.628. The average Bonchev–Trinajstić information content (AvgIpc) is 3.31. The third-order valence-electron chi connectivity index (χ3n) is 4.65. The zero-order valence-electron chi connectivity index (χ0n) is 16.7. The Balaban J connectivity index is 1.73. The van der Waals surface area contributed by atoms with E-state index < -0.39 is 0 Å². The zero-order valence-corrected chi connectivity index (χ0v) is 19.0. The Hall–Kier alpha value is -2.13. The number of likely N-dealkylation sites (N-methyl/N-ethyl adjacent to an activating group) is 1. The number of furan rings is 1. The summed E-state index contributed by atoms with van der Waals surface area (Å²) in [7, 11) is 0. The largest absolute Gasteiger partial charge is 0.457 e. The van der Waals surface area contributed by atoms with E-state index in [1.165, 1.54) is 11.8 Å². The molecule has 1 aliphatic rings. The molecule has 0 bridgehead atoms. The summed E-state index contributed by atoms with van der Waals surface area (Å²) in [6, 6.07) is 8.72. The molecule has 0 unspecified atom stereocenters. The molecule has 0 atom stereocenters. The number of hydrogen-bond donors (Lipinski definition) is 2. The van der Waals surface area contributed by atoms with Gasteiger partial charge in [0.2, 0.25) is 0 Å². The Morgan fingerprint density at radius 2 is 2.07 bits per heavy atom. The van der Waals surface area contributed by atoms with Crippen molar-refractivity contribution in [1.29, 1.82) is 0 Å². The molecule has 1 aromatic heterocycles. The molecule has 2 aromatic rings. The maximum Gasteiger partial charge on any atom is 0.263 e. The highest BCUT2D eigenvalue weighted by Crippen LogP contribution is 2.30. The van der Waals surface area contributed by atoms with Crippen LogP contribution in [0.5, 0.6) is 0 Å². The third-order valence-corrected chi connectivity index (χ3v) is 6.14. The normalized spacial score (nSPS) is 15.1. The number of carbonyl (C=O) groups is 2. The second kappa shape index (κ2) is 10.3. The zero-order chi connectivity index (χ0) is 21.7. The van der Waals surface area contributed by atoms with Gasteiger partial charge in [0.1, 0.15) is 15.8 Å². The van der Waals surface area contributed by atoms with E-state index in [0.717, 1.165) is 25.2 Å². The van der Waals surface area contributed by atoms with E-state index in [-0.39, 0.29) is 11.8 Å². The number of amides is 2. The topological polar surface area (TPSA) is 74.6 Å². The highest BCUT2D eigenvalue weighted by Gasteiger charge is 2.22. The monoisotopic (exact) mass is 463 g/mol. The molecule has 1 saturated heterocycles. The molecule has 158 valence electrons. The van der Waals surface area contributed by atoms with E-state index in [1.54, 1.807) is 36.4 Å². The molecule has 0 spiro atoms. The maximum absolute atomic E-state index is 12.6. The van der Waals surface area contributed by atoms with E-state index in [2.05, 4.69) is 29.4 Å². The molecule has 2 N–H and O–H groups in total. The van der Waals surface area contributed by atoms with Crippen LogP contribution in [-0.4, -0.2) is 47.2 Å². The number of halogens is 1. The van der Waals surface area contributed by atoms with Gasteiger partial charge in [0.15, 0.2) is 0 Å². The summed E-state index contributed by atoms with van der Waals surface area (Å²) >= 11 is 12.4. The lowest BCUT2D eigenvalue weighted by atomic mass is 10.1. The van der Waals surface area contributed by atoms with Crippen molar-refractivity contribution in [2.45, 2.75) is 13.8 Å². The fourth-order valence-electron chi connectivity index (χ4n) is 2.95. The van der Waals surface area contributed by atoms with Gasteiger partial charge in [0.25, 0.3) is 11.8 Å². The third kappa shape index (κ3) is 5.51. The van der Waals surface area contributed by atoms with E-state index >= 15 is 0 Å². The SMILES string of the molecule is CCN(CC)CCNC(=O)c1cc(-c2ccc(/C=C3\SC(=S)NC3=O)o2)ccc1Cl. The van der Waals surface area contributed by atoms with Gasteiger partial charge in [-0.05, 0) is 43.4 Å². The molecule has 6 nitrogen and oxygen atoms in total. The van der Waals surface area contributed by atoms with Crippen LogP contribution in [0, 0.1) is 0 Å². The minimum Gasteiger partial charge on any atom is -0.457 e. The highest BCUT2D eigenvalue weighted by molar-refractivity contribution is 8.26. The molecular formula is C21H22ClN3O3S2. The number of carbonyl (C=O) groups excluding carboxylic acids is 2. The van der Waals surface area contributed by atoms with Gasteiger partial charge >= 0.3 is 0 Å². The Morgan fingerprint density at radius 3 is 2.73 bits per heavy atom. The van der Waals surface area contributed by atoms with Crippen molar-refractivity contribution in [1.82, 2.24) is 15.5 Å². The van der Waals surface area contributed by atoms with Crippen LogP contribution in [0.3, 0.4) is 0 Å². The maximum atomic E-state index is 12.6. The van der Waals surface area contributed by atoms with Crippen molar-refractivity contribution in [2.75, 3.05) is 26.2 Å². The number of rotatable bonds is 8. The molecule has 2 amide bonds. The Morgan fingerprint density at radius 1 is 1.30 bits per heavy atom. The van der Waals surface area contributed by atoms with Gasteiger partial charge in [-0.3, -0.25) is 9.59 Å². The molecule has 30 heavy (non-hydrogen) atoms. The second-order valence-corrected chi connectivity index (χ2v) is 8.66.